The summed E-state index contributed by atoms with van der Waals surface area (Å²) in [6.07, 6.45) is 1.22. The maximum atomic E-state index is 12.9. The van der Waals surface area contributed by atoms with Crippen LogP contribution in [0.15, 0.2) is 48.5 Å². The van der Waals surface area contributed by atoms with Gasteiger partial charge in [0.05, 0.1) is 23.4 Å². The maximum absolute atomic E-state index is 12.9. The minimum Gasteiger partial charge on any atom is -0.480 e. The van der Waals surface area contributed by atoms with E-state index in [0.717, 1.165) is 16.7 Å². The summed E-state index contributed by atoms with van der Waals surface area (Å²) in [5.74, 6) is -2.72. The third kappa shape index (κ3) is 7.62. The SMILES string of the molecule is CC(C)C[C@@H](NC(CCN1C(=O)c2ccc(NS(C)(=O)=O)cc2C1=O)C(=O)O)C(=O)NCc1ccccc1. The zero-order valence-electron chi connectivity index (χ0n) is 21.4. The zero-order chi connectivity index (χ0) is 28.0. The number of aliphatic carboxylic acids is 1. The molecule has 1 aliphatic heterocycles. The minimum absolute atomic E-state index is 0.0291. The van der Waals surface area contributed by atoms with Gasteiger partial charge in [0, 0.05) is 18.8 Å². The molecule has 0 saturated heterocycles. The number of carbonyl (C=O) groups excluding carboxylic acids is 3. The fourth-order valence-corrected chi connectivity index (χ4v) is 4.74. The molecule has 11 nitrogen and oxygen atoms in total. The number of carboxylic acid groups (broad SMARTS) is 1. The van der Waals surface area contributed by atoms with E-state index < -0.39 is 39.9 Å². The van der Waals surface area contributed by atoms with Gasteiger partial charge in [0.1, 0.15) is 6.04 Å². The second-order valence-electron chi connectivity index (χ2n) is 9.63. The second-order valence-corrected chi connectivity index (χ2v) is 11.4. The van der Waals surface area contributed by atoms with Crippen molar-refractivity contribution >= 4 is 39.4 Å². The third-order valence-corrected chi connectivity index (χ3v) is 6.56. The molecule has 0 radical (unpaired) electrons. The number of nitrogens with one attached hydrogen (secondary N) is 3. The summed E-state index contributed by atoms with van der Waals surface area (Å²) < 4.78 is 25.3. The molecule has 0 spiro atoms. The van der Waals surface area contributed by atoms with E-state index in [1.807, 2.05) is 44.2 Å². The van der Waals surface area contributed by atoms with Crippen LogP contribution in [-0.2, 0) is 26.2 Å². The summed E-state index contributed by atoms with van der Waals surface area (Å²) in [5.41, 5.74) is 1.17. The van der Waals surface area contributed by atoms with Crippen molar-refractivity contribution in [2.75, 3.05) is 17.5 Å². The van der Waals surface area contributed by atoms with Gasteiger partial charge in [-0.3, -0.25) is 34.1 Å². The van der Waals surface area contributed by atoms with Crippen LogP contribution in [-0.4, -0.2) is 67.0 Å². The lowest BCUT2D eigenvalue weighted by molar-refractivity contribution is -0.140. The number of hydrogen-bond acceptors (Lipinski definition) is 7. The van der Waals surface area contributed by atoms with E-state index in [4.69, 9.17) is 0 Å². The van der Waals surface area contributed by atoms with Gasteiger partial charge in [-0.25, -0.2) is 8.42 Å². The van der Waals surface area contributed by atoms with Crippen molar-refractivity contribution in [1.82, 2.24) is 15.5 Å². The van der Waals surface area contributed by atoms with Crippen LogP contribution >= 0.6 is 0 Å². The van der Waals surface area contributed by atoms with Gasteiger partial charge in [-0.2, -0.15) is 0 Å². The van der Waals surface area contributed by atoms with Crippen molar-refractivity contribution in [3.8, 4) is 0 Å². The molecule has 1 aliphatic rings. The molecule has 3 rings (SSSR count). The van der Waals surface area contributed by atoms with Gasteiger partial charge >= 0.3 is 5.97 Å². The van der Waals surface area contributed by atoms with Gasteiger partial charge in [0.25, 0.3) is 11.8 Å². The molecule has 12 heteroatoms. The molecule has 0 fully saturated rings. The summed E-state index contributed by atoms with van der Waals surface area (Å²) >= 11 is 0. The fourth-order valence-electron chi connectivity index (χ4n) is 4.18. The summed E-state index contributed by atoms with van der Waals surface area (Å²) in [7, 11) is -3.58. The molecule has 3 amide bonds. The zero-order valence-corrected chi connectivity index (χ0v) is 22.2. The Balaban J connectivity index is 1.68. The number of sulfonamides is 1. The predicted molar refractivity (Wildman–Crippen MR) is 141 cm³/mol. The quantitative estimate of drug-likeness (QED) is 0.278. The summed E-state index contributed by atoms with van der Waals surface area (Å²) in [5, 5.41) is 15.5. The smallest absolute Gasteiger partial charge is 0.320 e. The Hall–Kier alpha value is -3.77. The average Bonchev–Trinajstić information content (AvgIpc) is 3.07. The summed E-state index contributed by atoms with van der Waals surface area (Å²) in [6, 6.07) is 11.3. The topological polar surface area (TPSA) is 162 Å². The highest BCUT2D eigenvalue weighted by atomic mass is 32.2. The highest BCUT2D eigenvalue weighted by Crippen LogP contribution is 2.26. The van der Waals surface area contributed by atoms with E-state index in [1.165, 1.54) is 18.2 Å². The molecule has 2 aromatic carbocycles. The molecule has 204 valence electrons. The largest absolute Gasteiger partial charge is 0.480 e. The summed E-state index contributed by atoms with van der Waals surface area (Å²) in [4.78, 5) is 51.6. The molecule has 1 unspecified atom stereocenters. The van der Waals surface area contributed by atoms with Gasteiger partial charge in [-0.1, -0.05) is 44.2 Å². The van der Waals surface area contributed by atoms with Gasteiger partial charge in [0.2, 0.25) is 15.9 Å². The lowest BCUT2D eigenvalue weighted by atomic mass is 10.0. The number of rotatable bonds is 13. The van der Waals surface area contributed by atoms with E-state index in [9.17, 15) is 32.7 Å². The van der Waals surface area contributed by atoms with Crippen LogP contribution in [0.2, 0.25) is 0 Å². The van der Waals surface area contributed by atoms with Gasteiger partial charge < -0.3 is 10.4 Å². The van der Waals surface area contributed by atoms with Crippen LogP contribution in [0.4, 0.5) is 5.69 Å². The monoisotopic (exact) mass is 544 g/mol. The van der Waals surface area contributed by atoms with Crippen molar-refractivity contribution in [2.45, 2.75) is 45.3 Å². The van der Waals surface area contributed by atoms with E-state index in [-0.39, 0.29) is 41.6 Å². The summed E-state index contributed by atoms with van der Waals surface area (Å²) in [6.45, 7) is 3.92. The van der Waals surface area contributed by atoms with E-state index >= 15 is 0 Å². The second kappa shape index (κ2) is 12.2. The van der Waals surface area contributed by atoms with Gasteiger partial charge in [-0.15, -0.1) is 0 Å². The molecule has 0 saturated carbocycles. The molecule has 0 aromatic heterocycles. The van der Waals surface area contributed by atoms with Crippen LogP contribution in [0, 0.1) is 5.92 Å². The Morgan fingerprint density at radius 1 is 0.974 bits per heavy atom. The number of anilines is 1. The highest BCUT2D eigenvalue weighted by molar-refractivity contribution is 7.92. The molecule has 38 heavy (non-hydrogen) atoms. The van der Waals surface area contributed by atoms with Crippen LogP contribution in [0.3, 0.4) is 0 Å². The first-order valence-corrected chi connectivity index (χ1v) is 14.0. The molecule has 4 N–H and O–H groups in total. The number of benzene rings is 2. The standard InChI is InChI=1S/C26H32N4O7S/c1-16(2)13-22(23(31)27-15-17-7-5-4-6-8-17)28-21(26(34)35)11-12-30-24(32)19-10-9-18(29-38(3,36)37)14-20(19)25(30)33/h4-10,14,16,21-22,28-29H,11-13,15H2,1-3H3,(H,27,31)(H,34,35)/t21?,22-/m1/s1. The number of carboxylic acids is 1. The lowest BCUT2D eigenvalue weighted by Gasteiger charge is -2.25. The maximum Gasteiger partial charge on any atom is 0.320 e. The molecule has 0 aliphatic carbocycles. The normalized spacial score (nSPS) is 14.8. The Bertz CT molecular complexity index is 1310. The number of nitrogens with zero attached hydrogens (tertiary/aromatic N) is 1. The average molecular weight is 545 g/mol. The molecule has 0 bridgehead atoms. The number of hydrogen-bond donors (Lipinski definition) is 4. The minimum atomic E-state index is -3.58. The Kier molecular flexibility index (Phi) is 9.23. The Labute approximate surface area is 221 Å². The first-order chi connectivity index (χ1) is 17.9. The van der Waals surface area contributed by atoms with Crippen molar-refractivity contribution < 1.29 is 32.7 Å². The van der Waals surface area contributed by atoms with Gasteiger partial charge in [-0.05, 0) is 42.5 Å². The fraction of sp³-hybridized carbons (Fsp3) is 0.385. The molecule has 2 atom stereocenters. The van der Waals surface area contributed by atoms with E-state index in [1.54, 1.807) is 0 Å². The number of amides is 3. The number of imide groups is 1. The highest BCUT2D eigenvalue weighted by Gasteiger charge is 2.37. The molecule has 1 heterocycles. The number of fused-ring (bicyclic) bond motifs is 1. The van der Waals surface area contributed by atoms with E-state index in [2.05, 4.69) is 15.4 Å². The Morgan fingerprint density at radius 2 is 1.63 bits per heavy atom. The first-order valence-electron chi connectivity index (χ1n) is 12.1. The van der Waals surface area contributed by atoms with Crippen molar-refractivity contribution in [1.29, 1.82) is 0 Å². The first kappa shape index (κ1) is 28.8. The van der Waals surface area contributed by atoms with Crippen LogP contribution in [0.1, 0.15) is 53.0 Å². The van der Waals surface area contributed by atoms with Gasteiger partial charge in [0.15, 0.2) is 0 Å². The van der Waals surface area contributed by atoms with E-state index in [0.29, 0.717) is 13.0 Å². The van der Waals surface area contributed by atoms with Crippen LogP contribution in [0.25, 0.3) is 0 Å². The Morgan fingerprint density at radius 3 is 2.24 bits per heavy atom. The molecular weight excluding hydrogens is 512 g/mol. The number of carbonyl (C=O) groups is 4. The predicted octanol–water partition coefficient (Wildman–Crippen LogP) is 1.82. The van der Waals surface area contributed by atoms with Crippen molar-refractivity contribution in [3.05, 3.63) is 65.2 Å². The van der Waals surface area contributed by atoms with Crippen molar-refractivity contribution in [2.24, 2.45) is 5.92 Å². The van der Waals surface area contributed by atoms with Crippen molar-refractivity contribution in [3.63, 3.8) is 0 Å². The van der Waals surface area contributed by atoms with Crippen LogP contribution < -0.4 is 15.4 Å². The van der Waals surface area contributed by atoms with Crippen LogP contribution in [0.5, 0.6) is 0 Å². The third-order valence-electron chi connectivity index (χ3n) is 5.95. The molecule has 2 aromatic rings. The molecular formula is C26H32N4O7S. The lowest BCUT2D eigenvalue weighted by Crippen LogP contribution is -2.52.